The summed E-state index contributed by atoms with van der Waals surface area (Å²) in [5.74, 6) is 0.907. The van der Waals surface area contributed by atoms with E-state index in [1.54, 1.807) is 7.11 Å². The third-order valence-electron chi connectivity index (χ3n) is 2.62. The van der Waals surface area contributed by atoms with Gasteiger partial charge in [0.25, 0.3) is 0 Å². The topological polar surface area (TPSA) is 9.23 Å². The van der Waals surface area contributed by atoms with Crippen LogP contribution in [0.5, 0.6) is 5.75 Å². The fourth-order valence-corrected chi connectivity index (χ4v) is 1.90. The molecule has 0 aliphatic rings. The molecule has 82 valence electrons. The Hall–Kier alpha value is -1.24. The summed E-state index contributed by atoms with van der Waals surface area (Å²) in [5, 5.41) is 0. The first-order valence-electron chi connectivity index (χ1n) is 5.24. The first-order valence-corrected chi connectivity index (χ1v) is 5.24. The Morgan fingerprint density at radius 1 is 1.27 bits per heavy atom. The zero-order valence-electron chi connectivity index (χ0n) is 10.1. The van der Waals surface area contributed by atoms with Crippen molar-refractivity contribution >= 4 is 0 Å². The van der Waals surface area contributed by atoms with Crippen LogP contribution in [0.3, 0.4) is 0 Å². The molecule has 1 nitrogen and oxygen atoms in total. The molecule has 0 heterocycles. The molecule has 0 spiro atoms. The normalized spacial score (nSPS) is 11.2. The maximum absolute atomic E-state index is 5.15. The third kappa shape index (κ3) is 3.12. The third-order valence-corrected chi connectivity index (χ3v) is 2.62. The van der Waals surface area contributed by atoms with Gasteiger partial charge in [0, 0.05) is 0 Å². The molecule has 0 fully saturated rings. The lowest BCUT2D eigenvalue weighted by molar-refractivity contribution is 0.414. The van der Waals surface area contributed by atoms with Gasteiger partial charge >= 0.3 is 0 Å². The van der Waals surface area contributed by atoms with Crippen LogP contribution in [0.1, 0.15) is 32.8 Å². The number of hydrogen-bond acceptors (Lipinski definition) is 1. The Morgan fingerprint density at radius 2 is 1.80 bits per heavy atom. The lowest BCUT2D eigenvalue weighted by Gasteiger charge is -2.25. The van der Waals surface area contributed by atoms with Crippen molar-refractivity contribution in [1.29, 1.82) is 0 Å². The average Bonchev–Trinajstić information content (AvgIpc) is 2.16. The van der Waals surface area contributed by atoms with Gasteiger partial charge in [0.2, 0.25) is 0 Å². The molecule has 0 aliphatic carbocycles. The highest BCUT2D eigenvalue weighted by atomic mass is 16.5. The number of ether oxygens (including phenoxy) is 1. The number of rotatable bonds is 4. The van der Waals surface area contributed by atoms with E-state index in [0.717, 1.165) is 12.2 Å². The molecule has 0 bridgehead atoms. The van der Waals surface area contributed by atoms with Gasteiger partial charge in [0.05, 0.1) is 7.11 Å². The van der Waals surface area contributed by atoms with Crippen LogP contribution in [0, 0.1) is 0 Å². The maximum Gasteiger partial charge on any atom is 0.118 e. The fourth-order valence-electron chi connectivity index (χ4n) is 1.90. The number of methoxy groups -OCH3 is 1. The highest BCUT2D eigenvalue weighted by molar-refractivity contribution is 5.32. The monoisotopic (exact) mass is 204 g/mol. The van der Waals surface area contributed by atoms with Crippen LogP contribution in [0.15, 0.2) is 36.4 Å². The summed E-state index contributed by atoms with van der Waals surface area (Å²) >= 11 is 0. The molecule has 0 saturated carbocycles. The molecule has 0 aromatic heterocycles. The molecule has 0 saturated heterocycles. The van der Waals surface area contributed by atoms with Gasteiger partial charge in [0.15, 0.2) is 0 Å². The number of allylic oxidation sites excluding steroid dienone is 1. The van der Waals surface area contributed by atoms with Crippen molar-refractivity contribution in [3.8, 4) is 5.75 Å². The molecule has 0 unspecified atom stereocenters. The zero-order chi connectivity index (χ0) is 11.5. The Morgan fingerprint density at radius 3 is 2.20 bits per heavy atom. The van der Waals surface area contributed by atoms with Gasteiger partial charge in [-0.2, -0.15) is 0 Å². The smallest absolute Gasteiger partial charge is 0.118 e. The second-order valence-corrected chi connectivity index (χ2v) is 4.75. The SMILES string of the molecule is C=C(C)CC(C)(C)c1ccc(OC)cc1. The average molecular weight is 204 g/mol. The molecule has 1 heteroatoms. The van der Waals surface area contributed by atoms with Gasteiger partial charge in [-0.25, -0.2) is 0 Å². The first-order chi connectivity index (χ1) is 6.95. The quantitative estimate of drug-likeness (QED) is 0.675. The van der Waals surface area contributed by atoms with Crippen LogP contribution >= 0.6 is 0 Å². The standard InChI is InChI=1S/C14H20O/c1-11(2)10-14(3,4)12-6-8-13(15-5)9-7-12/h6-9H,1,10H2,2-5H3. The van der Waals surface area contributed by atoms with Crippen molar-refractivity contribution in [2.45, 2.75) is 32.6 Å². The van der Waals surface area contributed by atoms with E-state index in [4.69, 9.17) is 4.74 Å². The van der Waals surface area contributed by atoms with E-state index in [0.29, 0.717) is 0 Å². The molecule has 0 aliphatic heterocycles. The fraction of sp³-hybridized carbons (Fsp3) is 0.429. The second-order valence-electron chi connectivity index (χ2n) is 4.75. The minimum Gasteiger partial charge on any atom is -0.497 e. The minimum absolute atomic E-state index is 0.151. The molecular formula is C14H20O. The van der Waals surface area contributed by atoms with E-state index in [1.807, 2.05) is 12.1 Å². The first kappa shape index (κ1) is 11.8. The predicted octanol–water partition coefficient (Wildman–Crippen LogP) is 3.94. The van der Waals surface area contributed by atoms with Crippen LogP contribution in [-0.4, -0.2) is 7.11 Å². The van der Waals surface area contributed by atoms with Crippen molar-refractivity contribution < 1.29 is 4.74 Å². The van der Waals surface area contributed by atoms with Crippen LogP contribution in [-0.2, 0) is 5.41 Å². The molecule has 0 amide bonds. The van der Waals surface area contributed by atoms with Crippen molar-refractivity contribution in [2.24, 2.45) is 0 Å². The van der Waals surface area contributed by atoms with E-state index in [9.17, 15) is 0 Å². The molecule has 0 atom stereocenters. The van der Waals surface area contributed by atoms with Gasteiger partial charge in [-0.15, -0.1) is 6.58 Å². The van der Waals surface area contributed by atoms with Crippen LogP contribution < -0.4 is 4.74 Å². The van der Waals surface area contributed by atoms with Crippen molar-refractivity contribution in [2.75, 3.05) is 7.11 Å². The van der Waals surface area contributed by atoms with Crippen molar-refractivity contribution in [3.05, 3.63) is 42.0 Å². The van der Waals surface area contributed by atoms with Gasteiger partial charge in [0.1, 0.15) is 5.75 Å². The molecule has 1 rings (SSSR count). The summed E-state index contributed by atoms with van der Waals surface area (Å²) in [7, 11) is 1.69. The van der Waals surface area contributed by atoms with Crippen LogP contribution in [0.2, 0.25) is 0 Å². The molecular weight excluding hydrogens is 184 g/mol. The Bertz CT molecular complexity index is 333. The Balaban J connectivity index is 2.89. The number of hydrogen-bond donors (Lipinski definition) is 0. The molecule has 1 aromatic rings. The molecule has 15 heavy (non-hydrogen) atoms. The van der Waals surface area contributed by atoms with Gasteiger partial charge < -0.3 is 4.74 Å². The second kappa shape index (κ2) is 4.52. The summed E-state index contributed by atoms with van der Waals surface area (Å²) in [5.41, 5.74) is 2.69. The lowest BCUT2D eigenvalue weighted by atomic mass is 9.79. The summed E-state index contributed by atoms with van der Waals surface area (Å²) in [4.78, 5) is 0. The number of benzene rings is 1. The van der Waals surface area contributed by atoms with Crippen LogP contribution in [0.4, 0.5) is 0 Å². The molecule has 1 aromatic carbocycles. The van der Waals surface area contributed by atoms with E-state index >= 15 is 0 Å². The van der Waals surface area contributed by atoms with E-state index < -0.39 is 0 Å². The van der Waals surface area contributed by atoms with Crippen molar-refractivity contribution in [1.82, 2.24) is 0 Å². The zero-order valence-corrected chi connectivity index (χ0v) is 10.1. The van der Waals surface area contributed by atoms with E-state index in [-0.39, 0.29) is 5.41 Å². The summed E-state index contributed by atoms with van der Waals surface area (Å²) < 4.78 is 5.15. The lowest BCUT2D eigenvalue weighted by Crippen LogP contribution is -2.17. The van der Waals surface area contributed by atoms with E-state index in [1.165, 1.54) is 11.1 Å². The van der Waals surface area contributed by atoms with E-state index in [2.05, 4.69) is 39.5 Å². The Kier molecular flexibility index (Phi) is 3.57. The predicted molar refractivity (Wildman–Crippen MR) is 65.5 cm³/mol. The Labute approximate surface area is 92.8 Å². The summed E-state index contributed by atoms with van der Waals surface area (Å²) in [6.07, 6.45) is 1.01. The van der Waals surface area contributed by atoms with Gasteiger partial charge in [-0.05, 0) is 36.5 Å². The minimum atomic E-state index is 0.151. The summed E-state index contributed by atoms with van der Waals surface area (Å²) in [6.45, 7) is 10.5. The molecule has 0 N–H and O–H groups in total. The van der Waals surface area contributed by atoms with Gasteiger partial charge in [-0.1, -0.05) is 31.6 Å². The largest absolute Gasteiger partial charge is 0.497 e. The van der Waals surface area contributed by atoms with Gasteiger partial charge in [-0.3, -0.25) is 0 Å². The highest BCUT2D eigenvalue weighted by Gasteiger charge is 2.20. The maximum atomic E-state index is 5.15. The highest BCUT2D eigenvalue weighted by Crippen LogP contribution is 2.30. The van der Waals surface area contributed by atoms with Crippen LogP contribution in [0.25, 0.3) is 0 Å². The molecule has 0 radical (unpaired) electrons. The van der Waals surface area contributed by atoms with Crippen molar-refractivity contribution in [3.63, 3.8) is 0 Å². The summed E-state index contributed by atoms with van der Waals surface area (Å²) in [6, 6.07) is 8.27.